The van der Waals surface area contributed by atoms with E-state index in [-0.39, 0.29) is 54.2 Å². The number of carboxylic acid groups (broad SMARTS) is 1. The molecule has 0 saturated heterocycles. The molecular formula is C42H87O4PSn2. The Morgan fingerprint density at radius 2 is 0.653 bits per heavy atom. The van der Waals surface area contributed by atoms with Crippen LogP contribution >= 0.6 is 7.92 Å². The number of aliphatic hydroxyl groups is 2. The van der Waals surface area contributed by atoms with Gasteiger partial charge in [-0.05, 0) is 57.0 Å². The molecule has 7 heteroatoms. The second kappa shape index (κ2) is 49.4. The van der Waals surface area contributed by atoms with Crippen LogP contribution in [0.15, 0.2) is 0 Å². The summed E-state index contributed by atoms with van der Waals surface area (Å²) in [5.41, 5.74) is 0. The Kier molecular flexibility index (Phi) is 57.6. The van der Waals surface area contributed by atoms with Gasteiger partial charge < -0.3 is 15.3 Å². The summed E-state index contributed by atoms with van der Waals surface area (Å²) in [6.45, 7) is 9.16. The summed E-state index contributed by atoms with van der Waals surface area (Å²) in [6, 6.07) is 0. The summed E-state index contributed by atoms with van der Waals surface area (Å²) < 4.78 is 0. The molecule has 3 N–H and O–H groups in total. The minimum Gasteiger partial charge on any atom is -0.481 e. The summed E-state index contributed by atoms with van der Waals surface area (Å²) in [7, 11) is 0.366. The second-order valence-electron chi connectivity index (χ2n) is 14.5. The summed E-state index contributed by atoms with van der Waals surface area (Å²) >= 11 is 0. The van der Waals surface area contributed by atoms with Crippen LogP contribution in [0.2, 0.25) is 0 Å². The molecule has 49 heavy (non-hydrogen) atoms. The van der Waals surface area contributed by atoms with Gasteiger partial charge in [0, 0.05) is 54.2 Å². The maximum absolute atomic E-state index is 10.4. The maximum Gasteiger partial charge on any atom is 0.303 e. The third-order valence-electron chi connectivity index (χ3n) is 9.67. The Balaban J connectivity index is -0.000000400. The van der Waals surface area contributed by atoms with Gasteiger partial charge in [0.1, 0.15) is 0 Å². The molecule has 0 fully saturated rings. The molecular weight excluding hydrogens is 837 g/mol. The van der Waals surface area contributed by atoms with Crippen molar-refractivity contribution in [2.45, 2.75) is 245 Å². The first-order valence-electron chi connectivity index (χ1n) is 21.2. The molecule has 0 bridgehead atoms. The van der Waals surface area contributed by atoms with Crippen LogP contribution in [0.1, 0.15) is 233 Å². The molecule has 0 aromatic carbocycles. The van der Waals surface area contributed by atoms with Gasteiger partial charge in [0.2, 0.25) is 0 Å². The molecule has 0 spiro atoms. The zero-order valence-corrected chi connectivity index (χ0v) is 40.2. The van der Waals surface area contributed by atoms with E-state index in [4.69, 9.17) is 5.11 Å². The number of carbonyl (C=O) groups is 1. The van der Waals surface area contributed by atoms with Gasteiger partial charge in [-0.1, -0.05) is 188 Å². The number of rotatable bonds is 37. The Hall–Kier alpha value is 1.42. The fraction of sp³-hybridized carbons (Fsp3) is 0.976. The molecule has 0 aliphatic rings. The van der Waals surface area contributed by atoms with E-state index in [0.29, 0.717) is 20.8 Å². The second-order valence-corrected chi connectivity index (χ2v) is 17.2. The van der Waals surface area contributed by atoms with E-state index in [1.54, 1.807) is 18.5 Å². The molecule has 0 rings (SSSR count). The first-order valence-corrected chi connectivity index (χ1v) is 23.1. The first-order chi connectivity index (χ1) is 22.9. The van der Waals surface area contributed by atoms with E-state index in [1.807, 2.05) is 0 Å². The summed E-state index contributed by atoms with van der Waals surface area (Å²) in [5, 5.41) is 28.3. The van der Waals surface area contributed by atoms with Crippen LogP contribution in [-0.4, -0.2) is 99.8 Å². The van der Waals surface area contributed by atoms with Gasteiger partial charge in [-0.2, -0.15) is 0 Å². The number of unbranched alkanes of at least 4 members (excludes halogenated alkanes) is 24. The number of hydrogen-bond acceptors (Lipinski definition) is 3. The van der Waals surface area contributed by atoms with Crippen LogP contribution in [-0.2, 0) is 4.79 Å². The molecule has 0 aliphatic heterocycles. The quantitative estimate of drug-likeness (QED) is 0.0330. The number of carboxylic acids is 1. The van der Waals surface area contributed by atoms with Gasteiger partial charge in [0.15, 0.2) is 0 Å². The van der Waals surface area contributed by atoms with Crippen molar-refractivity contribution in [2.75, 3.05) is 18.5 Å². The van der Waals surface area contributed by atoms with E-state index in [0.717, 1.165) is 44.9 Å². The molecule has 8 radical (unpaired) electrons. The minimum absolute atomic E-state index is 0. The zero-order valence-electron chi connectivity index (χ0n) is 33.6. The number of aliphatic carboxylic acids is 1. The van der Waals surface area contributed by atoms with Crippen LogP contribution in [0.25, 0.3) is 0 Å². The zero-order chi connectivity index (χ0) is 35.1. The van der Waals surface area contributed by atoms with Crippen LogP contribution in [0.4, 0.5) is 0 Å². The van der Waals surface area contributed by atoms with Gasteiger partial charge in [-0.15, -0.1) is 7.92 Å². The van der Waals surface area contributed by atoms with Crippen LogP contribution in [0, 0.1) is 0 Å². The molecule has 0 heterocycles. The molecule has 0 saturated carbocycles. The maximum atomic E-state index is 10.4. The van der Waals surface area contributed by atoms with Gasteiger partial charge in [-0.3, -0.25) is 4.79 Å². The SMILES string of the molecule is CCCCCCCCC(O)C(O)CCCCCCCC(=O)O.CCCCCCCCP(CCCCCCCC)CCCCCCCC.[Sn].[Sn]. The van der Waals surface area contributed by atoms with E-state index in [1.165, 1.54) is 141 Å². The van der Waals surface area contributed by atoms with E-state index < -0.39 is 18.2 Å². The molecule has 292 valence electrons. The average molecular weight is 925 g/mol. The topological polar surface area (TPSA) is 77.8 Å². The van der Waals surface area contributed by atoms with Gasteiger partial charge in [-0.25, -0.2) is 0 Å². The minimum atomic E-state index is -0.728. The summed E-state index contributed by atoms with van der Waals surface area (Å²) in [6.07, 6.45) is 43.4. The fourth-order valence-corrected chi connectivity index (χ4v) is 9.04. The van der Waals surface area contributed by atoms with Crippen molar-refractivity contribution in [1.29, 1.82) is 0 Å². The van der Waals surface area contributed by atoms with Crippen molar-refractivity contribution in [1.82, 2.24) is 0 Å². The monoisotopic (exact) mass is 926 g/mol. The number of hydrogen-bond donors (Lipinski definition) is 3. The summed E-state index contributed by atoms with van der Waals surface area (Å²) in [4.78, 5) is 10.4. The molecule has 0 aromatic heterocycles. The Morgan fingerprint density at radius 1 is 0.408 bits per heavy atom. The Morgan fingerprint density at radius 3 is 0.939 bits per heavy atom. The molecule has 0 amide bonds. The summed E-state index contributed by atoms with van der Waals surface area (Å²) in [5.74, 6) is -0.728. The smallest absolute Gasteiger partial charge is 0.303 e. The third-order valence-corrected chi connectivity index (χ3v) is 12.5. The molecule has 4 nitrogen and oxygen atoms in total. The Labute approximate surface area is 343 Å². The third kappa shape index (κ3) is 49.4. The van der Waals surface area contributed by atoms with Crippen molar-refractivity contribution in [3.63, 3.8) is 0 Å². The Bertz CT molecular complexity index is 561. The average Bonchev–Trinajstić information content (AvgIpc) is 3.06. The van der Waals surface area contributed by atoms with E-state index >= 15 is 0 Å². The van der Waals surface area contributed by atoms with E-state index in [2.05, 4.69) is 27.7 Å². The number of aliphatic hydroxyl groups excluding tert-OH is 2. The van der Waals surface area contributed by atoms with Crippen LogP contribution in [0.3, 0.4) is 0 Å². The van der Waals surface area contributed by atoms with Crippen molar-refractivity contribution in [2.24, 2.45) is 0 Å². The van der Waals surface area contributed by atoms with Crippen molar-refractivity contribution in [3.05, 3.63) is 0 Å². The molecule has 2 unspecified atom stereocenters. The largest absolute Gasteiger partial charge is 0.481 e. The van der Waals surface area contributed by atoms with Crippen LogP contribution in [0.5, 0.6) is 0 Å². The predicted octanol–water partition coefficient (Wildman–Crippen LogP) is 13.1. The normalized spacial score (nSPS) is 12.1. The molecule has 0 aliphatic carbocycles. The van der Waals surface area contributed by atoms with Crippen molar-refractivity contribution in [3.8, 4) is 0 Å². The first kappa shape index (κ1) is 57.1. The van der Waals surface area contributed by atoms with Crippen LogP contribution < -0.4 is 0 Å². The molecule has 2 atom stereocenters. The van der Waals surface area contributed by atoms with Gasteiger partial charge in [0.05, 0.1) is 12.2 Å². The molecule has 0 aromatic rings. The van der Waals surface area contributed by atoms with Crippen molar-refractivity contribution < 1.29 is 20.1 Å². The standard InChI is InChI=1S/C24H51P.C18H36O4.2Sn/c1-4-7-10-13-16-19-22-25(23-20-17-14-11-8-5-2)24-21-18-15-12-9-6-3;1-2-3-4-5-7-10-13-16(19)17(20)14-11-8-6-9-12-15-18(21)22;;/h4-24H2,1-3H3;16-17,19-20H,2-15H2,1H3,(H,21,22);;. The van der Waals surface area contributed by atoms with Gasteiger partial charge >= 0.3 is 5.97 Å². The van der Waals surface area contributed by atoms with Gasteiger partial charge in [0.25, 0.3) is 0 Å². The van der Waals surface area contributed by atoms with Crippen molar-refractivity contribution >= 4 is 61.7 Å². The predicted molar refractivity (Wildman–Crippen MR) is 223 cm³/mol. The van der Waals surface area contributed by atoms with E-state index in [9.17, 15) is 15.0 Å². The fourth-order valence-electron chi connectivity index (χ4n) is 6.36.